The van der Waals surface area contributed by atoms with E-state index in [0.717, 1.165) is 17.6 Å². The van der Waals surface area contributed by atoms with E-state index < -0.39 is 0 Å². The zero-order valence-corrected chi connectivity index (χ0v) is 9.62. The van der Waals surface area contributed by atoms with Gasteiger partial charge in [-0.3, -0.25) is 0 Å². The Hall–Kier alpha value is -1.31. The van der Waals surface area contributed by atoms with Crippen molar-refractivity contribution in [1.29, 1.82) is 0 Å². The second-order valence-electron chi connectivity index (χ2n) is 3.78. The summed E-state index contributed by atoms with van der Waals surface area (Å²) in [5.74, 6) is 1.13. The van der Waals surface area contributed by atoms with Crippen LogP contribution in [0.5, 0.6) is 5.75 Å². The lowest BCUT2D eigenvalue weighted by atomic mass is 9.96. The van der Waals surface area contributed by atoms with Crippen LogP contribution in [0.25, 0.3) is 0 Å². The Labute approximate surface area is 91.3 Å². The smallest absolute Gasteiger partial charge is 0.122 e. The maximum atomic E-state index is 10.5. The molecule has 0 aliphatic carbocycles. The number of rotatable bonds is 5. The molecule has 1 atom stereocenters. The minimum Gasteiger partial charge on any atom is -0.494 e. The van der Waals surface area contributed by atoms with E-state index in [1.54, 1.807) is 0 Å². The minimum absolute atomic E-state index is 0.226. The molecule has 0 amide bonds. The lowest BCUT2D eigenvalue weighted by molar-refractivity contribution is -0.108. The summed E-state index contributed by atoms with van der Waals surface area (Å²) in [5.41, 5.74) is 2.33. The zero-order valence-electron chi connectivity index (χ0n) is 9.62. The SMILES string of the molecule is CCOc1ccc(C)cc1C(C)CC=O. The molecule has 1 rings (SSSR count). The molecule has 2 nitrogen and oxygen atoms in total. The first-order chi connectivity index (χ1) is 7.19. The number of ether oxygens (including phenoxy) is 1. The summed E-state index contributed by atoms with van der Waals surface area (Å²) in [6.07, 6.45) is 1.51. The highest BCUT2D eigenvalue weighted by Crippen LogP contribution is 2.29. The van der Waals surface area contributed by atoms with Gasteiger partial charge in [-0.15, -0.1) is 0 Å². The van der Waals surface area contributed by atoms with Gasteiger partial charge in [0.1, 0.15) is 12.0 Å². The van der Waals surface area contributed by atoms with Gasteiger partial charge in [0, 0.05) is 6.42 Å². The summed E-state index contributed by atoms with van der Waals surface area (Å²) < 4.78 is 5.54. The van der Waals surface area contributed by atoms with Crippen molar-refractivity contribution in [3.63, 3.8) is 0 Å². The summed E-state index contributed by atoms with van der Waals surface area (Å²) in [7, 11) is 0. The number of carbonyl (C=O) groups excluding carboxylic acids is 1. The highest BCUT2D eigenvalue weighted by Gasteiger charge is 2.11. The van der Waals surface area contributed by atoms with E-state index in [-0.39, 0.29) is 5.92 Å². The van der Waals surface area contributed by atoms with E-state index in [4.69, 9.17) is 4.74 Å². The van der Waals surface area contributed by atoms with Crippen LogP contribution in [0, 0.1) is 6.92 Å². The van der Waals surface area contributed by atoms with Gasteiger partial charge in [-0.1, -0.05) is 24.6 Å². The summed E-state index contributed by atoms with van der Waals surface area (Å²) in [5, 5.41) is 0. The molecular weight excluding hydrogens is 188 g/mol. The van der Waals surface area contributed by atoms with Crippen molar-refractivity contribution in [2.24, 2.45) is 0 Å². The summed E-state index contributed by atoms with van der Waals surface area (Å²) in [6, 6.07) is 6.11. The monoisotopic (exact) mass is 206 g/mol. The summed E-state index contributed by atoms with van der Waals surface area (Å²) >= 11 is 0. The molecule has 1 aromatic rings. The van der Waals surface area contributed by atoms with Crippen molar-refractivity contribution in [2.45, 2.75) is 33.1 Å². The molecule has 0 aliphatic rings. The average molecular weight is 206 g/mol. The molecule has 0 heterocycles. The van der Waals surface area contributed by atoms with Crippen LogP contribution in [0.2, 0.25) is 0 Å². The molecule has 0 aliphatic heterocycles. The predicted octanol–water partition coefficient (Wildman–Crippen LogP) is 3.09. The van der Waals surface area contributed by atoms with Gasteiger partial charge < -0.3 is 9.53 Å². The number of aryl methyl sites for hydroxylation is 1. The number of hydrogen-bond acceptors (Lipinski definition) is 2. The third-order valence-corrected chi connectivity index (χ3v) is 2.45. The molecule has 0 saturated carbocycles. The van der Waals surface area contributed by atoms with Gasteiger partial charge in [0.15, 0.2) is 0 Å². The van der Waals surface area contributed by atoms with Crippen molar-refractivity contribution in [3.05, 3.63) is 29.3 Å². The molecule has 0 N–H and O–H groups in total. The largest absolute Gasteiger partial charge is 0.494 e. The molecule has 0 aromatic heterocycles. The van der Waals surface area contributed by atoms with Crippen LogP contribution in [-0.4, -0.2) is 12.9 Å². The third-order valence-electron chi connectivity index (χ3n) is 2.45. The maximum Gasteiger partial charge on any atom is 0.122 e. The van der Waals surface area contributed by atoms with Gasteiger partial charge in [-0.25, -0.2) is 0 Å². The maximum absolute atomic E-state index is 10.5. The van der Waals surface area contributed by atoms with Crippen molar-refractivity contribution >= 4 is 6.29 Å². The average Bonchev–Trinajstić information content (AvgIpc) is 2.21. The van der Waals surface area contributed by atoms with Crippen LogP contribution >= 0.6 is 0 Å². The van der Waals surface area contributed by atoms with Crippen LogP contribution in [0.15, 0.2) is 18.2 Å². The first-order valence-electron chi connectivity index (χ1n) is 5.36. The standard InChI is InChI=1S/C13H18O2/c1-4-15-13-6-5-10(2)9-12(13)11(3)7-8-14/h5-6,8-9,11H,4,7H2,1-3H3. The lowest BCUT2D eigenvalue weighted by Gasteiger charge is -2.15. The highest BCUT2D eigenvalue weighted by atomic mass is 16.5. The predicted molar refractivity (Wildman–Crippen MR) is 61.4 cm³/mol. The van der Waals surface area contributed by atoms with Gasteiger partial charge in [0.25, 0.3) is 0 Å². The third kappa shape index (κ3) is 3.08. The molecule has 0 bridgehead atoms. The number of hydrogen-bond donors (Lipinski definition) is 0. The van der Waals surface area contributed by atoms with E-state index in [2.05, 4.69) is 6.07 Å². The van der Waals surface area contributed by atoms with Gasteiger partial charge in [-0.05, 0) is 31.4 Å². The molecule has 0 fully saturated rings. The summed E-state index contributed by atoms with van der Waals surface area (Å²) in [4.78, 5) is 10.5. The molecule has 15 heavy (non-hydrogen) atoms. The molecule has 1 aromatic carbocycles. The highest BCUT2D eigenvalue weighted by molar-refractivity contribution is 5.53. The zero-order chi connectivity index (χ0) is 11.3. The number of carbonyl (C=O) groups is 1. The number of benzene rings is 1. The van der Waals surface area contributed by atoms with Crippen LogP contribution in [0.3, 0.4) is 0 Å². The summed E-state index contributed by atoms with van der Waals surface area (Å²) in [6.45, 7) is 6.72. The normalized spacial score (nSPS) is 12.2. The second kappa shape index (κ2) is 5.54. The quantitative estimate of drug-likeness (QED) is 0.692. The van der Waals surface area contributed by atoms with Crippen LogP contribution in [0.1, 0.15) is 37.3 Å². The van der Waals surface area contributed by atoms with E-state index >= 15 is 0 Å². The lowest BCUT2D eigenvalue weighted by Crippen LogP contribution is -2.01. The van der Waals surface area contributed by atoms with Gasteiger partial charge >= 0.3 is 0 Å². The van der Waals surface area contributed by atoms with E-state index in [0.29, 0.717) is 13.0 Å². The molecule has 1 unspecified atom stereocenters. The van der Waals surface area contributed by atoms with Gasteiger partial charge in [-0.2, -0.15) is 0 Å². The molecule has 0 spiro atoms. The Bertz CT molecular complexity index is 331. The van der Waals surface area contributed by atoms with E-state index in [1.807, 2.05) is 32.9 Å². The second-order valence-corrected chi connectivity index (χ2v) is 3.78. The topological polar surface area (TPSA) is 26.3 Å². The number of aldehydes is 1. The molecule has 2 heteroatoms. The van der Waals surface area contributed by atoms with Crippen LogP contribution < -0.4 is 4.74 Å². The van der Waals surface area contributed by atoms with Gasteiger partial charge in [0.05, 0.1) is 6.61 Å². The van der Waals surface area contributed by atoms with E-state index in [1.165, 1.54) is 5.56 Å². The minimum atomic E-state index is 0.226. The van der Waals surface area contributed by atoms with Crippen molar-refractivity contribution < 1.29 is 9.53 Å². The van der Waals surface area contributed by atoms with Crippen molar-refractivity contribution in [3.8, 4) is 5.75 Å². The fraction of sp³-hybridized carbons (Fsp3) is 0.462. The van der Waals surface area contributed by atoms with Crippen molar-refractivity contribution in [2.75, 3.05) is 6.61 Å². The Kier molecular flexibility index (Phi) is 4.35. The van der Waals surface area contributed by atoms with Gasteiger partial charge in [0.2, 0.25) is 0 Å². The molecule has 0 saturated heterocycles. The fourth-order valence-corrected chi connectivity index (χ4v) is 1.61. The Balaban J connectivity index is 3.00. The van der Waals surface area contributed by atoms with E-state index in [9.17, 15) is 4.79 Å². The fourth-order valence-electron chi connectivity index (χ4n) is 1.61. The molecular formula is C13H18O2. The molecule has 82 valence electrons. The Morgan fingerprint density at radius 1 is 1.47 bits per heavy atom. The first kappa shape index (κ1) is 11.8. The van der Waals surface area contributed by atoms with Crippen LogP contribution in [0.4, 0.5) is 0 Å². The Morgan fingerprint density at radius 3 is 2.80 bits per heavy atom. The molecule has 0 radical (unpaired) electrons. The van der Waals surface area contributed by atoms with Crippen LogP contribution in [-0.2, 0) is 4.79 Å². The van der Waals surface area contributed by atoms with Crippen molar-refractivity contribution in [1.82, 2.24) is 0 Å². The Morgan fingerprint density at radius 2 is 2.20 bits per heavy atom. The first-order valence-corrected chi connectivity index (χ1v) is 5.36.